The molecule has 0 saturated carbocycles. The zero-order valence-electron chi connectivity index (χ0n) is 9.50. The Morgan fingerprint density at radius 2 is 2.12 bits per heavy atom. The summed E-state index contributed by atoms with van der Waals surface area (Å²) in [6, 6.07) is 4.60. The number of aromatic nitrogens is 2. The van der Waals surface area contributed by atoms with Crippen LogP contribution in [0.5, 0.6) is 0 Å². The molecule has 2 rings (SSSR count). The van der Waals surface area contributed by atoms with E-state index in [2.05, 4.69) is 4.98 Å². The lowest BCUT2D eigenvalue weighted by atomic mass is 10.1. The van der Waals surface area contributed by atoms with Crippen molar-refractivity contribution in [3.05, 3.63) is 45.7 Å². The van der Waals surface area contributed by atoms with Crippen molar-refractivity contribution in [1.82, 2.24) is 9.55 Å². The van der Waals surface area contributed by atoms with E-state index in [0.717, 1.165) is 5.69 Å². The number of nitrogens with zero attached hydrogens (tertiary/aromatic N) is 1. The van der Waals surface area contributed by atoms with E-state index in [1.807, 2.05) is 13.8 Å². The van der Waals surface area contributed by atoms with Crippen LogP contribution >= 0.6 is 23.8 Å². The fraction of sp³-hybridized carbons (Fsp3) is 0.250. The molecule has 0 radical (unpaired) electrons. The molecule has 0 saturated heterocycles. The molecule has 0 aliphatic rings. The van der Waals surface area contributed by atoms with E-state index >= 15 is 0 Å². The van der Waals surface area contributed by atoms with Gasteiger partial charge in [-0.3, -0.25) is 4.57 Å². The SMILES string of the molecule is CC(C)c1c[nH]c(=S)n1-c1c(F)cccc1Cl. The van der Waals surface area contributed by atoms with Gasteiger partial charge in [-0.2, -0.15) is 0 Å². The lowest BCUT2D eigenvalue weighted by molar-refractivity contribution is 0.612. The highest BCUT2D eigenvalue weighted by Crippen LogP contribution is 2.27. The van der Waals surface area contributed by atoms with Crippen LogP contribution in [0.3, 0.4) is 0 Å². The van der Waals surface area contributed by atoms with Gasteiger partial charge in [0.25, 0.3) is 0 Å². The van der Waals surface area contributed by atoms with Gasteiger partial charge in [0.05, 0.1) is 5.02 Å². The molecule has 0 aliphatic heterocycles. The van der Waals surface area contributed by atoms with Crippen molar-refractivity contribution in [3.8, 4) is 5.69 Å². The van der Waals surface area contributed by atoms with Crippen LogP contribution in [-0.4, -0.2) is 9.55 Å². The number of hydrogen-bond acceptors (Lipinski definition) is 1. The summed E-state index contributed by atoms with van der Waals surface area (Å²) >= 11 is 11.2. The monoisotopic (exact) mass is 270 g/mol. The third kappa shape index (κ3) is 2.15. The van der Waals surface area contributed by atoms with Gasteiger partial charge in [-0.05, 0) is 30.3 Å². The molecule has 0 atom stereocenters. The van der Waals surface area contributed by atoms with Crippen molar-refractivity contribution < 1.29 is 4.39 Å². The minimum atomic E-state index is -0.380. The Labute approximate surface area is 109 Å². The molecule has 1 aromatic heterocycles. The molecule has 0 aliphatic carbocycles. The van der Waals surface area contributed by atoms with Crippen molar-refractivity contribution in [2.45, 2.75) is 19.8 Å². The average molecular weight is 271 g/mol. The third-order valence-electron chi connectivity index (χ3n) is 2.56. The molecule has 17 heavy (non-hydrogen) atoms. The highest BCUT2D eigenvalue weighted by molar-refractivity contribution is 7.71. The van der Waals surface area contributed by atoms with Gasteiger partial charge in [-0.25, -0.2) is 4.39 Å². The van der Waals surface area contributed by atoms with E-state index in [4.69, 9.17) is 23.8 Å². The van der Waals surface area contributed by atoms with Gasteiger partial charge in [0, 0.05) is 11.9 Å². The maximum atomic E-state index is 13.9. The predicted molar refractivity (Wildman–Crippen MR) is 70.0 cm³/mol. The number of H-pyrrole nitrogens is 1. The molecule has 5 heteroatoms. The van der Waals surface area contributed by atoms with Crippen LogP contribution in [0.2, 0.25) is 5.02 Å². The largest absolute Gasteiger partial charge is 0.337 e. The minimum Gasteiger partial charge on any atom is -0.337 e. The average Bonchev–Trinajstić information content (AvgIpc) is 2.61. The fourth-order valence-electron chi connectivity index (χ4n) is 1.74. The number of para-hydroxylation sites is 1. The van der Waals surface area contributed by atoms with E-state index < -0.39 is 0 Å². The van der Waals surface area contributed by atoms with Crippen molar-refractivity contribution >= 4 is 23.8 Å². The zero-order valence-corrected chi connectivity index (χ0v) is 11.1. The van der Waals surface area contributed by atoms with Crippen molar-refractivity contribution in [2.75, 3.05) is 0 Å². The van der Waals surface area contributed by atoms with Crippen LogP contribution in [0.15, 0.2) is 24.4 Å². The summed E-state index contributed by atoms with van der Waals surface area (Å²) in [6.45, 7) is 4.03. The molecule has 0 fully saturated rings. The van der Waals surface area contributed by atoms with Crippen LogP contribution in [0, 0.1) is 10.6 Å². The summed E-state index contributed by atoms with van der Waals surface area (Å²) in [7, 11) is 0. The summed E-state index contributed by atoms with van der Waals surface area (Å²) in [5.41, 5.74) is 1.21. The number of aromatic amines is 1. The lowest BCUT2D eigenvalue weighted by Gasteiger charge is -2.13. The van der Waals surface area contributed by atoms with Crippen LogP contribution in [0.4, 0.5) is 4.39 Å². The van der Waals surface area contributed by atoms with Crippen molar-refractivity contribution in [2.24, 2.45) is 0 Å². The van der Waals surface area contributed by atoms with Gasteiger partial charge in [0.2, 0.25) is 0 Å². The second-order valence-electron chi connectivity index (χ2n) is 4.08. The summed E-state index contributed by atoms with van der Waals surface area (Å²) in [4.78, 5) is 2.92. The first-order valence-electron chi connectivity index (χ1n) is 5.27. The van der Waals surface area contributed by atoms with Gasteiger partial charge < -0.3 is 4.98 Å². The highest BCUT2D eigenvalue weighted by atomic mass is 35.5. The van der Waals surface area contributed by atoms with Crippen LogP contribution in [-0.2, 0) is 0 Å². The maximum Gasteiger partial charge on any atom is 0.182 e. The number of halogens is 2. The lowest BCUT2D eigenvalue weighted by Crippen LogP contribution is -2.05. The van der Waals surface area contributed by atoms with Crippen molar-refractivity contribution in [3.63, 3.8) is 0 Å². The molecule has 1 N–H and O–H groups in total. The molecule has 2 aromatic rings. The van der Waals surface area contributed by atoms with Gasteiger partial charge >= 0.3 is 0 Å². The molecule has 0 spiro atoms. The first-order valence-corrected chi connectivity index (χ1v) is 6.05. The minimum absolute atomic E-state index is 0.221. The van der Waals surface area contributed by atoms with Gasteiger partial charge in [-0.15, -0.1) is 0 Å². The van der Waals surface area contributed by atoms with Gasteiger partial charge in [-0.1, -0.05) is 31.5 Å². The summed E-state index contributed by atoms with van der Waals surface area (Å²) in [6.07, 6.45) is 1.79. The standard InChI is InChI=1S/C12H12ClFN2S/c1-7(2)10-6-15-12(17)16(10)11-8(13)4-3-5-9(11)14/h3-7H,1-2H3,(H,15,17). The zero-order chi connectivity index (χ0) is 12.6. The summed E-state index contributed by atoms with van der Waals surface area (Å²) < 4.78 is 16.0. The maximum absolute atomic E-state index is 13.9. The predicted octanol–water partition coefficient (Wildman–Crippen LogP) is 4.45. The Morgan fingerprint density at radius 3 is 2.71 bits per heavy atom. The Balaban J connectivity index is 2.77. The number of nitrogens with one attached hydrogen (secondary N) is 1. The molecular formula is C12H12ClFN2S. The Morgan fingerprint density at radius 1 is 1.41 bits per heavy atom. The third-order valence-corrected chi connectivity index (χ3v) is 3.16. The smallest absolute Gasteiger partial charge is 0.182 e. The first kappa shape index (κ1) is 12.3. The fourth-order valence-corrected chi connectivity index (χ4v) is 2.24. The highest BCUT2D eigenvalue weighted by Gasteiger charge is 2.15. The second-order valence-corrected chi connectivity index (χ2v) is 4.87. The molecule has 1 heterocycles. The Bertz CT molecular complexity index is 581. The van der Waals surface area contributed by atoms with Crippen LogP contribution in [0.25, 0.3) is 5.69 Å². The molecule has 1 aromatic carbocycles. The van der Waals surface area contributed by atoms with E-state index in [0.29, 0.717) is 15.5 Å². The van der Waals surface area contributed by atoms with Gasteiger partial charge in [0.1, 0.15) is 11.5 Å². The molecule has 2 nitrogen and oxygen atoms in total. The van der Waals surface area contributed by atoms with E-state index in [1.165, 1.54) is 6.07 Å². The summed E-state index contributed by atoms with van der Waals surface area (Å²) in [5.74, 6) is -0.159. The van der Waals surface area contributed by atoms with Crippen LogP contribution < -0.4 is 0 Å². The van der Waals surface area contributed by atoms with Crippen LogP contribution in [0.1, 0.15) is 25.5 Å². The van der Waals surface area contributed by atoms with E-state index in [1.54, 1.807) is 22.9 Å². The summed E-state index contributed by atoms with van der Waals surface area (Å²) in [5, 5.41) is 0.350. The normalized spacial score (nSPS) is 11.1. The number of benzene rings is 1. The molecule has 90 valence electrons. The molecular weight excluding hydrogens is 259 g/mol. The molecule has 0 bridgehead atoms. The van der Waals surface area contributed by atoms with Gasteiger partial charge in [0.15, 0.2) is 4.77 Å². The quantitative estimate of drug-likeness (QED) is 0.800. The van der Waals surface area contributed by atoms with E-state index in [9.17, 15) is 4.39 Å². The van der Waals surface area contributed by atoms with Crippen molar-refractivity contribution in [1.29, 1.82) is 0 Å². The Kier molecular flexibility index (Phi) is 3.35. The Hall–Kier alpha value is -1.13. The molecule has 0 amide bonds. The number of imidazole rings is 1. The second kappa shape index (κ2) is 4.63. The molecule has 0 unspecified atom stereocenters. The topological polar surface area (TPSA) is 20.7 Å². The number of rotatable bonds is 2. The number of hydrogen-bond donors (Lipinski definition) is 1. The van der Waals surface area contributed by atoms with E-state index in [-0.39, 0.29) is 11.7 Å². The first-order chi connectivity index (χ1) is 8.02.